The largest absolute Gasteiger partial charge is 0.508 e. The summed E-state index contributed by atoms with van der Waals surface area (Å²) < 4.78 is 27.1. The van der Waals surface area contributed by atoms with E-state index in [0.29, 0.717) is 17.1 Å². The zero-order valence-electron chi connectivity index (χ0n) is 12.5. The predicted octanol–water partition coefficient (Wildman–Crippen LogP) is 2.26. The van der Waals surface area contributed by atoms with Crippen LogP contribution < -0.4 is 4.31 Å². The summed E-state index contributed by atoms with van der Waals surface area (Å²) in [6, 6.07) is 4.69. The molecule has 0 bridgehead atoms. The highest BCUT2D eigenvalue weighted by Crippen LogP contribution is 2.31. The monoisotopic (exact) mass is 309 g/mol. The molecule has 6 nitrogen and oxygen atoms in total. The van der Waals surface area contributed by atoms with Crippen LogP contribution in [0.2, 0.25) is 0 Å². The van der Waals surface area contributed by atoms with Gasteiger partial charge in [-0.25, -0.2) is 8.42 Å². The molecule has 21 heavy (non-hydrogen) atoms. The number of aryl methyl sites for hydroxylation is 3. The van der Waals surface area contributed by atoms with Crippen LogP contribution >= 0.6 is 0 Å². The molecule has 0 saturated carbocycles. The molecule has 2 rings (SSSR count). The molecule has 0 atom stereocenters. The summed E-state index contributed by atoms with van der Waals surface area (Å²) in [6.07, 6.45) is 0. The van der Waals surface area contributed by atoms with E-state index in [1.54, 1.807) is 26.8 Å². The van der Waals surface area contributed by atoms with Crippen LogP contribution in [0.1, 0.15) is 23.9 Å². The number of aromatic nitrogens is 2. The SMILES string of the molecule is CCN(c1cc(O)ccc1C)S(=O)(=O)c1c(C)n[nH]c1C. The number of nitrogens with one attached hydrogen (secondary N) is 1. The fraction of sp³-hybridized carbons (Fsp3) is 0.357. The molecule has 0 saturated heterocycles. The Balaban J connectivity index is 2.63. The van der Waals surface area contributed by atoms with Gasteiger partial charge in [-0.3, -0.25) is 9.40 Å². The molecule has 1 aromatic carbocycles. The minimum atomic E-state index is -3.73. The third kappa shape index (κ3) is 2.61. The Morgan fingerprint density at radius 3 is 2.48 bits per heavy atom. The number of benzene rings is 1. The van der Waals surface area contributed by atoms with E-state index in [1.807, 2.05) is 6.92 Å². The number of nitrogens with zero attached hydrogens (tertiary/aromatic N) is 2. The van der Waals surface area contributed by atoms with Gasteiger partial charge in [0, 0.05) is 12.6 Å². The van der Waals surface area contributed by atoms with Gasteiger partial charge in [0.25, 0.3) is 10.0 Å². The zero-order chi connectivity index (χ0) is 15.8. The lowest BCUT2D eigenvalue weighted by Gasteiger charge is -2.24. The topological polar surface area (TPSA) is 86.3 Å². The van der Waals surface area contributed by atoms with Gasteiger partial charge in [0.05, 0.1) is 17.1 Å². The lowest BCUT2D eigenvalue weighted by Crippen LogP contribution is -2.32. The average Bonchev–Trinajstić information content (AvgIpc) is 2.74. The molecule has 2 N–H and O–H groups in total. The third-order valence-electron chi connectivity index (χ3n) is 3.36. The van der Waals surface area contributed by atoms with Gasteiger partial charge in [0.1, 0.15) is 10.6 Å². The summed E-state index contributed by atoms with van der Waals surface area (Å²) >= 11 is 0. The molecule has 0 spiro atoms. The van der Waals surface area contributed by atoms with Gasteiger partial charge in [0.15, 0.2) is 0 Å². The normalized spacial score (nSPS) is 11.6. The van der Waals surface area contributed by atoms with Gasteiger partial charge in [-0.15, -0.1) is 0 Å². The smallest absolute Gasteiger partial charge is 0.267 e. The van der Waals surface area contributed by atoms with Gasteiger partial charge in [0.2, 0.25) is 0 Å². The molecule has 0 amide bonds. The molecular weight excluding hydrogens is 290 g/mol. The number of anilines is 1. The first-order chi connectivity index (χ1) is 9.78. The van der Waals surface area contributed by atoms with Crippen molar-refractivity contribution < 1.29 is 13.5 Å². The maximum Gasteiger partial charge on any atom is 0.267 e. The van der Waals surface area contributed by atoms with E-state index in [0.717, 1.165) is 5.56 Å². The van der Waals surface area contributed by atoms with Crippen molar-refractivity contribution in [1.29, 1.82) is 0 Å². The molecule has 1 heterocycles. The Hall–Kier alpha value is -2.02. The molecular formula is C14H19N3O3S. The number of sulfonamides is 1. The first-order valence-electron chi connectivity index (χ1n) is 6.63. The first-order valence-corrected chi connectivity index (χ1v) is 8.07. The maximum absolute atomic E-state index is 12.9. The summed E-state index contributed by atoms with van der Waals surface area (Å²) in [4.78, 5) is 0.187. The highest BCUT2D eigenvalue weighted by molar-refractivity contribution is 7.93. The Bertz CT molecular complexity index is 746. The molecule has 0 unspecified atom stereocenters. The summed E-state index contributed by atoms with van der Waals surface area (Å²) in [5.74, 6) is 0.0323. The zero-order valence-corrected chi connectivity index (χ0v) is 13.3. The second-order valence-electron chi connectivity index (χ2n) is 4.90. The van der Waals surface area contributed by atoms with Crippen molar-refractivity contribution in [1.82, 2.24) is 10.2 Å². The molecule has 2 aromatic rings. The number of aromatic hydroxyl groups is 1. The summed E-state index contributed by atoms with van der Waals surface area (Å²) in [5.41, 5.74) is 2.18. The Labute approximate surface area is 124 Å². The molecule has 0 radical (unpaired) electrons. The van der Waals surface area contributed by atoms with E-state index in [1.165, 1.54) is 16.4 Å². The first kappa shape index (κ1) is 15.4. The van der Waals surface area contributed by atoms with Crippen LogP contribution in [0.25, 0.3) is 0 Å². The fourth-order valence-electron chi connectivity index (χ4n) is 2.37. The van der Waals surface area contributed by atoms with Crippen molar-refractivity contribution >= 4 is 15.7 Å². The Kier molecular flexibility index (Phi) is 3.95. The van der Waals surface area contributed by atoms with Gasteiger partial charge in [-0.05, 0) is 39.3 Å². The molecule has 0 aliphatic rings. The molecule has 0 aliphatic heterocycles. The van der Waals surface area contributed by atoms with Crippen LogP contribution in [0.5, 0.6) is 5.75 Å². The summed E-state index contributed by atoms with van der Waals surface area (Å²) in [5, 5.41) is 16.3. The van der Waals surface area contributed by atoms with E-state index in [9.17, 15) is 13.5 Å². The van der Waals surface area contributed by atoms with Crippen molar-refractivity contribution in [3.63, 3.8) is 0 Å². The van der Waals surface area contributed by atoms with Crippen molar-refractivity contribution in [3.05, 3.63) is 35.2 Å². The lowest BCUT2D eigenvalue weighted by molar-refractivity contribution is 0.475. The highest BCUT2D eigenvalue weighted by atomic mass is 32.2. The van der Waals surface area contributed by atoms with Gasteiger partial charge < -0.3 is 5.11 Å². The number of aromatic amines is 1. The standard InChI is InChI=1S/C14H19N3O3S/c1-5-17(13-8-12(18)7-6-9(13)2)21(19,20)14-10(3)15-16-11(14)4/h6-8,18H,5H2,1-4H3,(H,15,16). The Morgan fingerprint density at radius 2 is 1.95 bits per heavy atom. The fourth-order valence-corrected chi connectivity index (χ4v) is 4.23. The third-order valence-corrected chi connectivity index (χ3v) is 5.51. The van der Waals surface area contributed by atoms with E-state index in [-0.39, 0.29) is 17.2 Å². The summed E-state index contributed by atoms with van der Waals surface area (Å²) in [6.45, 7) is 7.15. The average molecular weight is 309 g/mol. The van der Waals surface area contributed by atoms with Gasteiger partial charge in [-0.1, -0.05) is 6.07 Å². The number of H-pyrrole nitrogens is 1. The van der Waals surface area contributed by atoms with Gasteiger partial charge in [-0.2, -0.15) is 5.10 Å². The van der Waals surface area contributed by atoms with E-state index >= 15 is 0 Å². The highest BCUT2D eigenvalue weighted by Gasteiger charge is 2.29. The van der Waals surface area contributed by atoms with Crippen LogP contribution in [-0.4, -0.2) is 30.3 Å². The van der Waals surface area contributed by atoms with Crippen LogP contribution in [-0.2, 0) is 10.0 Å². The molecule has 7 heteroatoms. The van der Waals surface area contributed by atoms with Gasteiger partial charge >= 0.3 is 0 Å². The van der Waals surface area contributed by atoms with E-state index in [4.69, 9.17) is 0 Å². The molecule has 0 aliphatic carbocycles. The van der Waals surface area contributed by atoms with Crippen LogP contribution in [0.4, 0.5) is 5.69 Å². The van der Waals surface area contributed by atoms with E-state index in [2.05, 4.69) is 10.2 Å². The predicted molar refractivity (Wildman–Crippen MR) is 81.1 cm³/mol. The minimum Gasteiger partial charge on any atom is -0.508 e. The van der Waals surface area contributed by atoms with Crippen molar-refractivity contribution in [2.45, 2.75) is 32.6 Å². The van der Waals surface area contributed by atoms with E-state index < -0.39 is 10.0 Å². The van der Waals surface area contributed by atoms with Crippen molar-refractivity contribution in [3.8, 4) is 5.75 Å². The molecule has 0 fully saturated rings. The molecule has 1 aromatic heterocycles. The second kappa shape index (κ2) is 5.40. The van der Waals surface area contributed by atoms with Crippen LogP contribution in [0.15, 0.2) is 23.1 Å². The minimum absolute atomic E-state index is 0.0323. The van der Waals surface area contributed by atoms with Crippen molar-refractivity contribution in [2.24, 2.45) is 0 Å². The molecule has 114 valence electrons. The lowest BCUT2D eigenvalue weighted by atomic mass is 10.2. The number of hydrogen-bond acceptors (Lipinski definition) is 4. The van der Waals surface area contributed by atoms with Crippen LogP contribution in [0.3, 0.4) is 0 Å². The van der Waals surface area contributed by atoms with Crippen molar-refractivity contribution in [2.75, 3.05) is 10.8 Å². The number of phenols is 1. The summed E-state index contributed by atoms with van der Waals surface area (Å²) in [7, 11) is -3.73. The second-order valence-corrected chi connectivity index (χ2v) is 6.70. The number of hydrogen-bond donors (Lipinski definition) is 2. The maximum atomic E-state index is 12.9. The number of phenolic OH excluding ortho intramolecular Hbond substituents is 1. The number of rotatable bonds is 4. The van der Waals surface area contributed by atoms with Crippen LogP contribution in [0, 0.1) is 20.8 Å². The Morgan fingerprint density at radius 1 is 1.29 bits per heavy atom. The quantitative estimate of drug-likeness (QED) is 0.907.